The zero-order valence-electron chi connectivity index (χ0n) is 10.1. The van der Waals surface area contributed by atoms with E-state index < -0.39 is 24.3 Å². The van der Waals surface area contributed by atoms with Crippen LogP contribution in [0.4, 0.5) is 0 Å². The van der Waals surface area contributed by atoms with Crippen LogP contribution in [-0.4, -0.2) is 27.1 Å². The molecule has 0 aliphatic heterocycles. The molecule has 0 fully saturated rings. The number of rotatable bonds is 5. The minimum atomic E-state index is -1.19. The monoisotopic (exact) mass is 311 g/mol. The molecule has 0 aliphatic carbocycles. The normalized spacial score (nSPS) is 12.1. The van der Waals surface area contributed by atoms with Crippen molar-refractivity contribution in [2.24, 2.45) is 0 Å². The van der Waals surface area contributed by atoms with Gasteiger partial charge in [0.05, 0.1) is 12.1 Å². The Bertz CT molecular complexity index is 638. The number of aliphatic carboxylic acids is 2. The van der Waals surface area contributed by atoms with Crippen LogP contribution in [0.25, 0.3) is 10.6 Å². The first kappa shape index (κ1) is 14.5. The number of benzene rings is 1. The molecule has 20 heavy (non-hydrogen) atoms. The minimum Gasteiger partial charge on any atom is -0.481 e. The van der Waals surface area contributed by atoms with E-state index in [4.69, 9.17) is 21.8 Å². The van der Waals surface area contributed by atoms with Crippen molar-refractivity contribution in [3.63, 3.8) is 0 Å². The van der Waals surface area contributed by atoms with Crippen LogP contribution in [-0.2, 0) is 9.59 Å². The maximum atomic E-state index is 11.1. The fraction of sp³-hybridized carbons (Fsp3) is 0.154. The molecular formula is C13H10ClNO4S. The Kier molecular flexibility index (Phi) is 4.36. The van der Waals surface area contributed by atoms with Crippen molar-refractivity contribution < 1.29 is 19.8 Å². The highest BCUT2D eigenvalue weighted by atomic mass is 35.5. The summed E-state index contributed by atoms with van der Waals surface area (Å²) >= 11 is 7.06. The van der Waals surface area contributed by atoms with Gasteiger partial charge < -0.3 is 10.2 Å². The lowest BCUT2D eigenvalue weighted by Gasteiger charge is -2.05. The van der Waals surface area contributed by atoms with Crippen LogP contribution in [0, 0.1) is 0 Å². The van der Waals surface area contributed by atoms with Crippen LogP contribution in [0.15, 0.2) is 29.6 Å². The molecule has 0 amide bonds. The van der Waals surface area contributed by atoms with Crippen LogP contribution in [0.5, 0.6) is 0 Å². The summed E-state index contributed by atoms with van der Waals surface area (Å²) in [6, 6.07) is 6.98. The van der Waals surface area contributed by atoms with Gasteiger partial charge in [-0.1, -0.05) is 23.7 Å². The van der Waals surface area contributed by atoms with Crippen molar-refractivity contribution in [3.05, 3.63) is 40.4 Å². The van der Waals surface area contributed by atoms with Crippen molar-refractivity contribution in [2.75, 3.05) is 0 Å². The first-order valence-corrected chi connectivity index (χ1v) is 6.89. The Labute approximate surface area is 123 Å². The molecule has 0 bridgehead atoms. The molecule has 2 aromatic rings. The molecule has 2 rings (SSSR count). The van der Waals surface area contributed by atoms with Gasteiger partial charge in [0.1, 0.15) is 10.9 Å². The third-order valence-corrected chi connectivity index (χ3v) is 3.81. The summed E-state index contributed by atoms with van der Waals surface area (Å²) in [4.78, 5) is 26.0. The van der Waals surface area contributed by atoms with E-state index >= 15 is 0 Å². The van der Waals surface area contributed by atoms with E-state index in [1.54, 1.807) is 29.6 Å². The van der Waals surface area contributed by atoms with E-state index in [9.17, 15) is 9.59 Å². The second-order valence-corrected chi connectivity index (χ2v) is 5.37. The van der Waals surface area contributed by atoms with Crippen molar-refractivity contribution in [3.8, 4) is 10.6 Å². The number of carboxylic acids is 2. The molecule has 5 nitrogen and oxygen atoms in total. The van der Waals surface area contributed by atoms with Gasteiger partial charge in [0.15, 0.2) is 0 Å². The zero-order valence-corrected chi connectivity index (χ0v) is 11.7. The maximum absolute atomic E-state index is 11.1. The predicted molar refractivity (Wildman–Crippen MR) is 75.2 cm³/mol. The van der Waals surface area contributed by atoms with Gasteiger partial charge in [-0.3, -0.25) is 9.59 Å². The third-order valence-electron chi connectivity index (χ3n) is 2.65. The topological polar surface area (TPSA) is 87.5 Å². The maximum Gasteiger partial charge on any atom is 0.313 e. The van der Waals surface area contributed by atoms with Crippen LogP contribution in [0.2, 0.25) is 5.02 Å². The van der Waals surface area contributed by atoms with Gasteiger partial charge in [0.25, 0.3) is 0 Å². The summed E-state index contributed by atoms with van der Waals surface area (Å²) in [5, 5.41) is 20.6. The summed E-state index contributed by atoms with van der Waals surface area (Å²) in [5.41, 5.74) is 1.07. The standard InChI is InChI=1S/C13H10ClNO4S/c14-8-3-1-7(2-4-8)12-15-10(6-20-12)9(13(18)19)5-11(16)17/h1-4,6,9H,5H2,(H,16,17)(H,18,19)/t9-/m1/s1. The molecular weight excluding hydrogens is 302 g/mol. The third kappa shape index (κ3) is 3.34. The molecule has 0 radical (unpaired) electrons. The summed E-state index contributed by atoms with van der Waals surface area (Å²) in [7, 11) is 0. The average Bonchev–Trinajstić information content (AvgIpc) is 2.85. The molecule has 0 aliphatic rings. The van der Waals surface area contributed by atoms with Gasteiger partial charge in [-0.05, 0) is 12.1 Å². The molecule has 0 spiro atoms. The van der Waals surface area contributed by atoms with E-state index in [2.05, 4.69) is 4.98 Å². The number of aromatic nitrogens is 1. The van der Waals surface area contributed by atoms with Crippen LogP contribution >= 0.6 is 22.9 Å². The van der Waals surface area contributed by atoms with Crippen LogP contribution in [0.1, 0.15) is 18.0 Å². The highest BCUT2D eigenvalue weighted by molar-refractivity contribution is 7.13. The lowest BCUT2D eigenvalue weighted by atomic mass is 10.0. The van der Waals surface area contributed by atoms with E-state index in [1.807, 2.05) is 0 Å². The summed E-state index contributed by atoms with van der Waals surface area (Å²) < 4.78 is 0. The summed E-state index contributed by atoms with van der Waals surface area (Å²) in [6.45, 7) is 0. The summed E-state index contributed by atoms with van der Waals surface area (Å²) in [5.74, 6) is -3.50. The Hall–Kier alpha value is -1.92. The number of hydrogen-bond acceptors (Lipinski definition) is 4. The number of halogens is 1. The molecule has 0 unspecified atom stereocenters. The number of thiazole rings is 1. The molecule has 104 valence electrons. The molecule has 1 heterocycles. The van der Waals surface area contributed by atoms with Gasteiger partial charge in [0, 0.05) is 16.0 Å². The molecule has 1 aromatic heterocycles. The average molecular weight is 312 g/mol. The summed E-state index contributed by atoms with van der Waals surface area (Å²) in [6.07, 6.45) is -0.487. The SMILES string of the molecule is O=C(O)C[C@@H](C(=O)O)c1csc(-c2ccc(Cl)cc2)n1. The van der Waals surface area contributed by atoms with Gasteiger partial charge in [-0.2, -0.15) is 0 Å². The van der Waals surface area contributed by atoms with E-state index in [0.29, 0.717) is 10.0 Å². The lowest BCUT2D eigenvalue weighted by Crippen LogP contribution is -2.16. The van der Waals surface area contributed by atoms with Gasteiger partial charge in [0.2, 0.25) is 0 Å². The van der Waals surface area contributed by atoms with Gasteiger partial charge in [-0.25, -0.2) is 4.98 Å². The predicted octanol–water partition coefficient (Wildman–Crippen LogP) is 3.11. The Morgan fingerprint density at radius 2 is 1.90 bits per heavy atom. The highest BCUT2D eigenvalue weighted by Crippen LogP contribution is 2.29. The van der Waals surface area contributed by atoms with Crippen LogP contribution in [0.3, 0.4) is 0 Å². The minimum absolute atomic E-state index is 0.259. The number of nitrogens with zero attached hydrogens (tertiary/aromatic N) is 1. The van der Waals surface area contributed by atoms with Crippen LogP contribution < -0.4 is 0 Å². The van der Waals surface area contributed by atoms with Gasteiger partial charge in [-0.15, -0.1) is 11.3 Å². The largest absolute Gasteiger partial charge is 0.481 e. The smallest absolute Gasteiger partial charge is 0.313 e. The number of carbonyl (C=O) groups is 2. The van der Waals surface area contributed by atoms with Crippen molar-refractivity contribution >= 4 is 34.9 Å². The van der Waals surface area contributed by atoms with Gasteiger partial charge >= 0.3 is 11.9 Å². The Balaban J connectivity index is 2.29. The molecule has 1 aromatic carbocycles. The highest BCUT2D eigenvalue weighted by Gasteiger charge is 2.25. The molecule has 1 atom stereocenters. The fourth-order valence-corrected chi connectivity index (χ4v) is 2.67. The van der Waals surface area contributed by atoms with Crippen molar-refractivity contribution in [1.82, 2.24) is 4.98 Å². The second kappa shape index (κ2) is 6.02. The Morgan fingerprint density at radius 1 is 1.25 bits per heavy atom. The quantitative estimate of drug-likeness (QED) is 0.886. The lowest BCUT2D eigenvalue weighted by molar-refractivity contribution is -0.145. The fourth-order valence-electron chi connectivity index (χ4n) is 1.66. The van der Waals surface area contributed by atoms with E-state index in [0.717, 1.165) is 5.56 Å². The molecule has 7 heteroatoms. The number of carboxylic acid groups (broad SMARTS) is 2. The molecule has 0 saturated heterocycles. The Morgan fingerprint density at radius 3 is 2.45 bits per heavy atom. The molecule has 0 saturated carbocycles. The molecule has 2 N–H and O–H groups in total. The first-order chi connectivity index (χ1) is 9.47. The first-order valence-electron chi connectivity index (χ1n) is 5.63. The second-order valence-electron chi connectivity index (χ2n) is 4.07. The number of hydrogen-bond donors (Lipinski definition) is 2. The van der Waals surface area contributed by atoms with Crippen molar-refractivity contribution in [1.29, 1.82) is 0 Å². The van der Waals surface area contributed by atoms with E-state index in [1.165, 1.54) is 11.3 Å². The van der Waals surface area contributed by atoms with Crippen molar-refractivity contribution in [2.45, 2.75) is 12.3 Å². The van der Waals surface area contributed by atoms with E-state index in [-0.39, 0.29) is 5.69 Å². The zero-order chi connectivity index (χ0) is 14.7.